The Balaban J connectivity index is 3.28. The number of methoxy groups -OCH3 is 1. The highest BCUT2D eigenvalue weighted by Crippen LogP contribution is 2.02. The summed E-state index contributed by atoms with van der Waals surface area (Å²) in [5.74, 6) is 1.50. The highest BCUT2D eigenvalue weighted by Gasteiger charge is 2.02. The lowest BCUT2D eigenvalue weighted by Crippen LogP contribution is -2.26. The van der Waals surface area contributed by atoms with Gasteiger partial charge in [-0.2, -0.15) is 0 Å². The van der Waals surface area contributed by atoms with Crippen molar-refractivity contribution in [2.75, 3.05) is 31.8 Å². The monoisotopic (exact) mass is 249 g/mol. The lowest BCUT2D eigenvalue weighted by Gasteiger charge is -2.12. The summed E-state index contributed by atoms with van der Waals surface area (Å²) in [5, 5.41) is 3.46. The van der Waals surface area contributed by atoms with Gasteiger partial charge in [0, 0.05) is 35.5 Å². The number of rotatable bonds is 11. The first-order chi connectivity index (χ1) is 7.70. The predicted molar refractivity (Wildman–Crippen MR) is 71.4 cm³/mol. The fourth-order valence-corrected chi connectivity index (χ4v) is 2.57. The molecule has 0 heterocycles. The van der Waals surface area contributed by atoms with Crippen molar-refractivity contribution in [2.24, 2.45) is 0 Å². The van der Waals surface area contributed by atoms with Gasteiger partial charge in [-0.25, -0.2) is 0 Å². The quantitative estimate of drug-likeness (QED) is 0.569. The van der Waals surface area contributed by atoms with Crippen LogP contribution in [0.2, 0.25) is 0 Å². The smallest absolute Gasteiger partial charge is 0.0577 e. The Morgan fingerprint density at radius 1 is 1.31 bits per heavy atom. The van der Waals surface area contributed by atoms with E-state index in [1.165, 1.54) is 12.8 Å². The molecule has 1 N–H and O–H groups in total. The van der Waals surface area contributed by atoms with Crippen LogP contribution in [0, 0.1) is 0 Å². The van der Waals surface area contributed by atoms with E-state index in [4.69, 9.17) is 4.74 Å². The Morgan fingerprint density at radius 2 is 2.06 bits per heavy atom. The Kier molecular flexibility index (Phi) is 11.6. The molecule has 98 valence electrons. The second-order valence-corrected chi connectivity index (χ2v) is 5.89. The zero-order chi connectivity index (χ0) is 12.2. The third-order valence-corrected chi connectivity index (χ3v) is 3.88. The van der Waals surface area contributed by atoms with Crippen LogP contribution in [0.25, 0.3) is 0 Å². The van der Waals surface area contributed by atoms with E-state index >= 15 is 0 Å². The maximum absolute atomic E-state index is 11.4. The molecule has 4 heteroatoms. The van der Waals surface area contributed by atoms with E-state index in [1.54, 1.807) is 7.11 Å². The summed E-state index contributed by atoms with van der Waals surface area (Å²) in [6, 6.07) is 0.590. The summed E-state index contributed by atoms with van der Waals surface area (Å²) in [5.41, 5.74) is 0. The first kappa shape index (κ1) is 16.1. The Morgan fingerprint density at radius 3 is 2.69 bits per heavy atom. The van der Waals surface area contributed by atoms with Crippen molar-refractivity contribution in [3.8, 4) is 0 Å². The van der Waals surface area contributed by atoms with Gasteiger partial charge < -0.3 is 10.1 Å². The summed E-state index contributed by atoms with van der Waals surface area (Å²) in [7, 11) is 0.966. The van der Waals surface area contributed by atoms with Gasteiger partial charge in [0.1, 0.15) is 0 Å². The van der Waals surface area contributed by atoms with E-state index in [0.717, 1.165) is 25.1 Å². The number of nitrogens with one attached hydrogen (secondary N) is 1. The van der Waals surface area contributed by atoms with Crippen LogP contribution in [0.5, 0.6) is 0 Å². The average Bonchev–Trinajstić information content (AvgIpc) is 2.29. The molecule has 0 aliphatic carbocycles. The maximum Gasteiger partial charge on any atom is 0.0577 e. The normalized spacial score (nSPS) is 14.9. The van der Waals surface area contributed by atoms with E-state index in [0.29, 0.717) is 18.4 Å². The van der Waals surface area contributed by atoms with Crippen molar-refractivity contribution < 1.29 is 8.95 Å². The molecule has 0 bridgehead atoms. The van der Waals surface area contributed by atoms with E-state index in [2.05, 4.69) is 19.2 Å². The molecule has 0 radical (unpaired) electrons. The van der Waals surface area contributed by atoms with Crippen molar-refractivity contribution in [1.82, 2.24) is 5.32 Å². The molecule has 0 saturated carbocycles. The van der Waals surface area contributed by atoms with Crippen LogP contribution in [0.4, 0.5) is 0 Å². The first-order valence-corrected chi connectivity index (χ1v) is 7.76. The van der Waals surface area contributed by atoms with Gasteiger partial charge in [0.2, 0.25) is 0 Å². The molecule has 0 saturated heterocycles. The zero-order valence-corrected chi connectivity index (χ0v) is 11.8. The van der Waals surface area contributed by atoms with Gasteiger partial charge in [-0.1, -0.05) is 13.3 Å². The number of ether oxygens (including phenoxy) is 1. The van der Waals surface area contributed by atoms with Gasteiger partial charge in [0.15, 0.2) is 0 Å². The van der Waals surface area contributed by atoms with Gasteiger partial charge >= 0.3 is 0 Å². The molecular weight excluding hydrogens is 222 g/mol. The summed E-state index contributed by atoms with van der Waals surface area (Å²) in [4.78, 5) is 0. The molecule has 0 amide bonds. The van der Waals surface area contributed by atoms with Crippen molar-refractivity contribution >= 4 is 10.8 Å². The Bertz CT molecular complexity index is 176. The molecule has 0 aliphatic heterocycles. The molecule has 3 nitrogen and oxygen atoms in total. The topological polar surface area (TPSA) is 38.3 Å². The van der Waals surface area contributed by atoms with Crippen molar-refractivity contribution in [3.05, 3.63) is 0 Å². The molecule has 0 aliphatic rings. The van der Waals surface area contributed by atoms with Gasteiger partial charge in [-0.05, 0) is 32.7 Å². The molecule has 0 spiro atoms. The molecule has 0 aromatic heterocycles. The largest absolute Gasteiger partial charge is 0.384 e. The number of hydrogen-bond donors (Lipinski definition) is 1. The molecule has 0 aromatic rings. The number of unbranched alkanes of at least 4 members (excludes halogenated alkanes) is 1. The average molecular weight is 249 g/mol. The summed E-state index contributed by atoms with van der Waals surface area (Å²) >= 11 is 0. The van der Waals surface area contributed by atoms with Crippen molar-refractivity contribution in [2.45, 2.75) is 45.6 Å². The van der Waals surface area contributed by atoms with Crippen LogP contribution in [0.3, 0.4) is 0 Å². The van der Waals surface area contributed by atoms with Crippen LogP contribution in [-0.4, -0.2) is 42.0 Å². The van der Waals surface area contributed by atoms with Crippen LogP contribution < -0.4 is 5.32 Å². The van der Waals surface area contributed by atoms with Crippen LogP contribution in [0.15, 0.2) is 0 Å². The molecule has 0 fully saturated rings. The van der Waals surface area contributed by atoms with Gasteiger partial charge in [0.25, 0.3) is 0 Å². The highest BCUT2D eigenvalue weighted by atomic mass is 32.2. The minimum Gasteiger partial charge on any atom is -0.384 e. The highest BCUT2D eigenvalue weighted by molar-refractivity contribution is 7.84. The van der Waals surface area contributed by atoms with Crippen molar-refractivity contribution in [3.63, 3.8) is 0 Å². The van der Waals surface area contributed by atoms with Crippen LogP contribution in [0.1, 0.15) is 39.5 Å². The lowest BCUT2D eigenvalue weighted by molar-refractivity contribution is 0.218. The Hall–Kier alpha value is 0.0700. The minimum absolute atomic E-state index is 0.590. The molecule has 0 aromatic carbocycles. The maximum atomic E-state index is 11.4. The first-order valence-electron chi connectivity index (χ1n) is 6.28. The minimum atomic E-state index is -0.685. The molecule has 2 atom stereocenters. The van der Waals surface area contributed by atoms with E-state index in [1.807, 2.05) is 0 Å². The summed E-state index contributed by atoms with van der Waals surface area (Å²) < 4.78 is 16.3. The number of hydrogen-bond acceptors (Lipinski definition) is 3. The van der Waals surface area contributed by atoms with Crippen molar-refractivity contribution in [1.29, 1.82) is 0 Å². The third-order valence-electron chi connectivity index (χ3n) is 2.52. The Labute approximate surface area is 103 Å². The molecule has 2 unspecified atom stereocenters. The SMILES string of the molecule is CCCNC(C)CCCCS(=O)CCOC. The van der Waals surface area contributed by atoms with E-state index in [-0.39, 0.29) is 0 Å². The standard InChI is InChI=1S/C12H27NO2S/c1-4-8-13-12(2)7-5-6-10-16(14)11-9-15-3/h12-13H,4-11H2,1-3H3. The van der Waals surface area contributed by atoms with Gasteiger partial charge in [-0.15, -0.1) is 0 Å². The van der Waals surface area contributed by atoms with Gasteiger partial charge in [-0.3, -0.25) is 4.21 Å². The van der Waals surface area contributed by atoms with Crippen LogP contribution in [-0.2, 0) is 15.5 Å². The molecule has 16 heavy (non-hydrogen) atoms. The predicted octanol–water partition coefficient (Wildman–Crippen LogP) is 1.94. The summed E-state index contributed by atoms with van der Waals surface area (Å²) in [6.07, 6.45) is 4.60. The fraction of sp³-hybridized carbons (Fsp3) is 1.00. The third kappa shape index (κ3) is 10.6. The molecular formula is C12H27NO2S. The fourth-order valence-electron chi connectivity index (χ4n) is 1.48. The zero-order valence-electron chi connectivity index (χ0n) is 11.0. The second-order valence-electron chi connectivity index (χ2n) is 4.19. The summed E-state index contributed by atoms with van der Waals surface area (Å²) in [6.45, 7) is 6.11. The van der Waals surface area contributed by atoms with E-state index in [9.17, 15) is 4.21 Å². The van der Waals surface area contributed by atoms with Crippen LogP contribution >= 0.6 is 0 Å². The lowest BCUT2D eigenvalue weighted by atomic mass is 10.1. The molecule has 0 rings (SSSR count). The second kappa shape index (κ2) is 11.6. The van der Waals surface area contributed by atoms with Gasteiger partial charge in [0.05, 0.1) is 6.61 Å². The van der Waals surface area contributed by atoms with E-state index < -0.39 is 10.8 Å².